The van der Waals surface area contributed by atoms with Crippen molar-refractivity contribution in [1.29, 1.82) is 0 Å². The molecule has 0 aliphatic rings. The lowest BCUT2D eigenvalue weighted by Crippen LogP contribution is -2.37. The molecule has 0 bridgehead atoms. The van der Waals surface area contributed by atoms with Gasteiger partial charge in [0.05, 0.1) is 22.7 Å². The Morgan fingerprint density at radius 1 is 1.38 bits per heavy atom. The smallest absolute Gasteiger partial charge is 0.416 e. The zero-order valence-electron chi connectivity index (χ0n) is 10.8. The standard InChI is InChI=1S/C12H12ClF3N2O3/c1-6(4-10(19)20)17-11(21)18-9-5-7(12(14,15)16)2-3-8(9)13/h2-3,5-6H,4H2,1H3,(H,19,20)(H2,17,18,21). The molecule has 1 atom stereocenters. The zero-order chi connectivity index (χ0) is 16.2. The van der Waals surface area contributed by atoms with Gasteiger partial charge in [0.2, 0.25) is 0 Å². The highest BCUT2D eigenvalue weighted by atomic mass is 35.5. The van der Waals surface area contributed by atoms with Gasteiger partial charge in [-0.05, 0) is 25.1 Å². The topological polar surface area (TPSA) is 78.4 Å². The summed E-state index contributed by atoms with van der Waals surface area (Å²) in [5.41, 5.74) is -1.17. The van der Waals surface area contributed by atoms with Gasteiger partial charge in [-0.2, -0.15) is 13.2 Å². The Morgan fingerprint density at radius 3 is 2.52 bits per heavy atom. The number of carboxylic acids is 1. The first-order valence-electron chi connectivity index (χ1n) is 5.75. The number of nitrogens with one attached hydrogen (secondary N) is 2. The second kappa shape index (κ2) is 6.66. The van der Waals surface area contributed by atoms with E-state index < -0.39 is 29.8 Å². The van der Waals surface area contributed by atoms with Crippen LogP contribution < -0.4 is 10.6 Å². The van der Waals surface area contributed by atoms with E-state index in [-0.39, 0.29) is 17.1 Å². The van der Waals surface area contributed by atoms with Gasteiger partial charge in [-0.15, -0.1) is 0 Å². The van der Waals surface area contributed by atoms with Crippen molar-refractivity contribution in [1.82, 2.24) is 5.32 Å². The van der Waals surface area contributed by atoms with Crippen LogP contribution in [-0.4, -0.2) is 23.1 Å². The van der Waals surface area contributed by atoms with Crippen molar-refractivity contribution < 1.29 is 27.9 Å². The van der Waals surface area contributed by atoms with Crippen LogP contribution in [0, 0.1) is 0 Å². The third kappa shape index (κ3) is 5.50. The number of rotatable bonds is 4. The number of aliphatic carboxylic acids is 1. The minimum atomic E-state index is -4.56. The number of hydrogen-bond acceptors (Lipinski definition) is 2. The van der Waals surface area contributed by atoms with Crippen LogP contribution in [0.15, 0.2) is 18.2 Å². The maximum absolute atomic E-state index is 12.6. The highest BCUT2D eigenvalue weighted by molar-refractivity contribution is 6.33. The highest BCUT2D eigenvalue weighted by Crippen LogP contribution is 2.33. The summed E-state index contributed by atoms with van der Waals surface area (Å²) in [4.78, 5) is 22.0. The Morgan fingerprint density at radius 2 is 2.00 bits per heavy atom. The number of hydrogen-bond donors (Lipinski definition) is 3. The van der Waals surface area contributed by atoms with Crippen LogP contribution in [0.2, 0.25) is 5.02 Å². The molecule has 0 spiro atoms. The van der Waals surface area contributed by atoms with Crippen molar-refractivity contribution >= 4 is 29.3 Å². The fourth-order valence-corrected chi connectivity index (χ4v) is 1.66. The average Bonchev–Trinajstić information content (AvgIpc) is 2.28. The van der Waals surface area contributed by atoms with E-state index in [0.29, 0.717) is 6.07 Å². The van der Waals surface area contributed by atoms with Crippen LogP contribution >= 0.6 is 11.6 Å². The second-order valence-corrected chi connectivity index (χ2v) is 4.70. The van der Waals surface area contributed by atoms with Gasteiger partial charge in [-0.3, -0.25) is 4.79 Å². The lowest BCUT2D eigenvalue weighted by molar-refractivity contribution is -0.138. The lowest BCUT2D eigenvalue weighted by atomic mass is 10.2. The fourth-order valence-electron chi connectivity index (χ4n) is 1.49. The second-order valence-electron chi connectivity index (χ2n) is 4.29. The van der Waals surface area contributed by atoms with E-state index in [0.717, 1.165) is 12.1 Å². The average molecular weight is 325 g/mol. The van der Waals surface area contributed by atoms with Crippen molar-refractivity contribution in [3.63, 3.8) is 0 Å². The summed E-state index contributed by atoms with van der Waals surface area (Å²) in [6.45, 7) is 1.45. The van der Waals surface area contributed by atoms with Gasteiger partial charge >= 0.3 is 18.2 Å². The molecule has 0 fully saturated rings. The van der Waals surface area contributed by atoms with E-state index >= 15 is 0 Å². The van der Waals surface area contributed by atoms with Crippen molar-refractivity contribution in [2.75, 3.05) is 5.32 Å². The maximum Gasteiger partial charge on any atom is 0.416 e. The van der Waals surface area contributed by atoms with E-state index in [9.17, 15) is 22.8 Å². The molecular formula is C12H12ClF3N2O3. The normalized spacial score (nSPS) is 12.6. The first kappa shape index (κ1) is 17.1. The van der Waals surface area contributed by atoms with Crippen LogP contribution in [0.5, 0.6) is 0 Å². The summed E-state index contributed by atoms with van der Waals surface area (Å²) < 4.78 is 37.7. The van der Waals surface area contributed by atoms with Gasteiger partial charge in [-0.1, -0.05) is 11.6 Å². The summed E-state index contributed by atoms with van der Waals surface area (Å²) >= 11 is 5.71. The molecule has 2 amide bonds. The lowest BCUT2D eigenvalue weighted by Gasteiger charge is -2.15. The SMILES string of the molecule is CC(CC(=O)O)NC(=O)Nc1cc(C(F)(F)F)ccc1Cl. The van der Waals surface area contributed by atoms with Crippen LogP contribution in [-0.2, 0) is 11.0 Å². The Kier molecular flexibility index (Phi) is 5.42. The molecule has 3 N–H and O–H groups in total. The first-order valence-corrected chi connectivity index (χ1v) is 6.13. The summed E-state index contributed by atoms with van der Waals surface area (Å²) in [6, 6.07) is 0.972. The minimum Gasteiger partial charge on any atom is -0.481 e. The van der Waals surface area contributed by atoms with E-state index in [1.807, 2.05) is 0 Å². The predicted molar refractivity (Wildman–Crippen MR) is 70.3 cm³/mol. The number of urea groups is 1. The molecule has 9 heteroatoms. The van der Waals surface area contributed by atoms with Crippen LogP contribution in [0.25, 0.3) is 0 Å². The molecular weight excluding hydrogens is 313 g/mol. The summed E-state index contributed by atoms with van der Waals surface area (Å²) in [7, 11) is 0. The number of carboxylic acid groups (broad SMARTS) is 1. The number of carbonyl (C=O) groups is 2. The molecule has 1 aromatic rings. The van der Waals surface area contributed by atoms with E-state index in [1.54, 1.807) is 0 Å². The van der Waals surface area contributed by atoms with E-state index in [1.165, 1.54) is 6.92 Å². The number of anilines is 1. The quantitative estimate of drug-likeness (QED) is 0.794. The monoisotopic (exact) mass is 324 g/mol. The number of benzene rings is 1. The summed E-state index contributed by atoms with van der Waals surface area (Å²) in [5, 5.41) is 12.9. The van der Waals surface area contributed by atoms with Crippen molar-refractivity contribution in [2.45, 2.75) is 25.6 Å². The zero-order valence-corrected chi connectivity index (χ0v) is 11.5. The maximum atomic E-state index is 12.6. The summed E-state index contributed by atoms with van der Waals surface area (Å²) in [5.74, 6) is -1.11. The largest absolute Gasteiger partial charge is 0.481 e. The van der Waals surface area contributed by atoms with Gasteiger partial charge in [0.1, 0.15) is 0 Å². The number of alkyl halides is 3. The molecule has 21 heavy (non-hydrogen) atoms. The Hall–Kier alpha value is -1.96. The van der Waals surface area contributed by atoms with Crippen LogP contribution in [0.4, 0.5) is 23.7 Å². The first-order chi connectivity index (χ1) is 9.59. The Balaban J connectivity index is 2.78. The van der Waals surface area contributed by atoms with Crippen LogP contribution in [0.3, 0.4) is 0 Å². The van der Waals surface area contributed by atoms with Crippen molar-refractivity contribution in [3.8, 4) is 0 Å². The van der Waals surface area contributed by atoms with Crippen molar-refractivity contribution in [3.05, 3.63) is 28.8 Å². The Labute approximate surface area is 123 Å². The molecule has 0 heterocycles. The molecule has 0 aromatic heterocycles. The predicted octanol–water partition coefficient (Wildman–Crippen LogP) is 3.34. The van der Waals surface area contributed by atoms with Gasteiger partial charge < -0.3 is 15.7 Å². The number of amides is 2. The molecule has 1 unspecified atom stereocenters. The highest BCUT2D eigenvalue weighted by Gasteiger charge is 2.31. The fraction of sp³-hybridized carbons (Fsp3) is 0.333. The number of carbonyl (C=O) groups excluding carboxylic acids is 1. The van der Waals surface area contributed by atoms with E-state index in [2.05, 4.69) is 10.6 Å². The molecule has 1 rings (SSSR count). The van der Waals surface area contributed by atoms with Gasteiger partial charge in [0.25, 0.3) is 0 Å². The molecule has 0 saturated heterocycles. The van der Waals surface area contributed by atoms with Gasteiger partial charge in [0, 0.05) is 6.04 Å². The van der Waals surface area contributed by atoms with Gasteiger partial charge in [-0.25, -0.2) is 4.79 Å². The molecule has 116 valence electrons. The van der Waals surface area contributed by atoms with Crippen LogP contribution in [0.1, 0.15) is 18.9 Å². The molecule has 1 aromatic carbocycles. The third-order valence-corrected chi connectivity index (χ3v) is 2.73. The summed E-state index contributed by atoms with van der Waals surface area (Å²) in [6.07, 6.45) is -4.88. The van der Waals surface area contributed by atoms with Crippen molar-refractivity contribution in [2.24, 2.45) is 0 Å². The van der Waals surface area contributed by atoms with Gasteiger partial charge in [0.15, 0.2) is 0 Å². The minimum absolute atomic E-state index is 0.0657. The molecule has 0 aliphatic heterocycles. The molecule has 0 aliphatic carbocycles. The number of halogens is 4. The molecule has 0 saturated carbocycles. The Bertz CT molecular complexity index is 549. The molecule has 5 nitrogen and oxygen atoms in total. The third-order valence-electron chi connectivity index (χ3n) is 2.40. The molecule has 0 radical (unpaired) electrons. The van der Waals surface area contributed by atoms with E-state index in [4.69, 9.17) is 16.7 Å².